The fourth-order valence-corrected chi connectivity index (χ4v) is 1.86. The van der Waals surface area contributed by atoms with E-state index in [1.165, 1.54) is 19.1 Å². The zero-order chi connectivity index (χ0) is 15.8. The molecule has 116 valence electrons. The van der Waals surface area contributed by atoms with Gasteiger partial charge in [0.15, 0.2) is 11.9 Å². The number of unbranched alkanes of at least 4 members (excludes halogenated alkanes) is 2. The van der Waals surface area contributed by atoms with Gasteiger partial charge in [-0.1, -0.05) is 19.8 Å². The van der Waals surface area contributed by atoms with Gasteiger partial charge in [0, 0.05) is 12.6 Å². The lowest BCUT2D eigenvalue weighted by molar-refractivity contribution is -0.127. The topological polar surface area (TPSA) is 55.4 Å². The van der Waals surface area contributed by atoms with Crippen LogP contribution in [0.2, 0.25) is 0 Å². The van der Waals surface area contributed by atoms with Crippen LogP contribution in [-0.2, 0) is 4.79 Å². The molecule has 21 heavy (non-hydrogen) atoms. The van der Waals surface area contributed by atoms with Gasteiger partial charge in [0.25, 0.3) is 5.91 Å². The number of carbonyl (C=O) groups is 2. The van der Waals surface area contributed by atoms with Crippen LogP contribution in [0.3, 0.4) is 0 Å². The Morgan fingerprint density at radius 2 is 2.05 bits per heavy atom. The molecular weight excluding hydrogens is 273 g/mol. The van der Waals surface area contributed by atoms with E-state index >= 15 is 0 Å². The van der Waals surface area contributed by atoms with E-state index in [0.717, 1.165) is 25.3 Å². The third kappa shape index (κ3) is 5.53. The fraction of sp³-hybridized carbons (Fsp3) is 0.500. The number of ether oxygens (including phenoxy) is 1. The third-order valence-corrected chi connectivity index (χ3v) is 3.08. The van der Waals surface area contributed by atoms with Crippen LogP contribution in [0.1, 0.15) is 50.4 Å². The van der Waals surface area contributed by atoms with Gasteiger partial charge in [-0.25, -0.2) is 4.39 Å². The van der Waals surface area contributed by atoms with Gasteiger partial charge in [-0.3, -0.25) is 9.59 Å². The van der Waals surface area contributed by atoms with Crippen LogP contribution in [0.25, 0.3) is 0 Å². The Labute approximate surface area is 124 Å². The standard InChI is InChI=1S/C16H22FNO3/c1-4-5-6-9-18-16(20)12(3)21-15-10-13(17)7-8-14(15)11(2)19/h7-8,10,12H,4-6,9H2,1-3H3,(H,18,20). The molecule has 1 unspecified atom stereocenters. The molecule has 0 bridgehead atoms. The highest BCUT2D eigenvalue weighted by Crippen LogP contribution is 2.21. The number of benzene rings is 1. The van der Waals surface area contributed by atoms with Crippen molar-refractivity contribution in [3.8, 4) is 5.75 Å². The second-order valence-electron chi connectivity index (χ2n) is 4.95. The molecule has 1 rings (SSSR count). The van der Waals surface area contributed by atoms with E-state index in [9.17, 15) is 14.0 Å². The van der Waals surface area contributed by atoms with Crippen molar-refractivity contribution < 1.29 is 18.7 Å². The van der Waals surface area contributed by atoms with Crippen molar-refractivity contribution in [2.75, 3.05) is 6.54 Å². The summed E-state index contributed by atoms with van der Waals surface area (Å²) in [4.78, 5) is 23.3. The highest BCUT2D eigenvalue weighted by atomic mass is 19.1. The minimum Gasteiger partial charge on any atom is -0.480 e. The predicted molar refractivity (Wildman–Crippen MR) is 79.0 cm³/mol. The van der Waals surface area contributed by atoms with Crippen LogP contribution in [0.5, 0.6) is 5.75 Å². The Bertz CT molecular complexity index is 502. The van der Waals surface area contributed by atoms with E-state index < -0.39 is 11.9 Å². The van der Waals surface area contributed by atoms with E-state index in [0.29, 0.717) is 6.54 Å². The molecule has 0 aliphatic heterocycles. The van der Waals surface area contributed by atoms with Crippen molar-refractivity contribution in [2.24, 2.45) is 0 Å². The summed E-state index contributed by atoms with van der Waals surface area (Å²) in [6.45, 7) is 5.61. The highest BCUT2D eigenvalue weighted by molar-refractivity contribution is 5.97. The Morgan fingerprint density at radius 1 is 1.33 bits per heavy atom. The van der Waals surface area contributed by atoms with Crippen molar-refractivity contribution in [3.63, 3.8) is 0 Å². The van der Waals surface area contributed by atoms with Gasteiger partial charge < -0.3 is 10.1 Å². The Balaban J connectivity index is 2.65. The fourth-order valence-electron chi connectivity index (χ4n) is 1.86. The quantitative estimate of drug-likeness (QED) is 0.592. The molecule has 0 saturated carbocycles. The molecule has 0 saturated heterocycles. The molecule has 1 aromatic rings. The zero-order valence-corrected chi connectivity index (χ0v) is 12.7. The summed E-state index contributed by atoms with van der Waals surface area (Å²) in [6, 6.07) is 3.68. The molecule has 1 N–H and O–H groups in total. The van der Waals surface area contributed by atoms with Gasteiger partial charge in [-0.15, -0.1) is 0 Å². The zero-order valence-electron chi connectivity index (χ0n) is 12.7. The molecule has 0 spiro atoms. The molecule has 1 atom stereocenters. The molecule has 0 heterocycles. The lowest BCUT2D eigenvalue weighted by Crippen LogP contribution is -2.37. The summed E-state index contributed by atoms with van der Waals surface area (Å²) in [5.41, 5.74) is 0.266. The lowest BCUT2D eigenvalue weighted by atomic mass is 10.1. The van der Waals surface area contributed by atoms with Gasteiger partial charge >= 0.3 is 0 Å². The monoisotopic (exact) mass is 295 g/mol. The van der Waals surface area contributed by atoms with Crippen LogP contribution < -0.4 is 10.1 Å². The Hall–Kier alpha value is -1.91. The molecule has 0 aliphatic rings. The number of hydrogen-bond acceptors (Lipinski definition) is 3. The minimum atomic E-state index is -0.786. The van der Waals surface area contributed by atoms with Crippen LogP contribution in [-0.4, -0.2) is 24.3 Å². The van der Waals surface area contributed by atoms with Gasteiger partial charge in [0.2, 0.25) is 0 Å². The summed E-state index contributed by atoms with van der Waals surface area (Å²) < 4.78 is 18.7. The predicted octanol–water partition coefficient (Wildman–Crippen LogP) is 3.10. The maximum atomic E-state index is 13.3. The first-order chi connectivity index (χ1) is 9.95. The van der Waals surface area contributed by atoms with Gasteiger partial charge in [-0.05, 0) is 32.4 Å². The average Bonchev–Trinajstić information content (AvgIpc) is 2.43. The molecule has 0 aliphatic carbocycles. The molecule has 0 fully saturated rings. The first kappa shape index (κ1) is 17.1. The number of Topliss-reactive ketones (excluding diaryl/α,β-unsaturated/α-hetero) is 1. The maximum Gasteiger partial charge on any atom is 0.260 e. The largest absolute Gasteiger partial charge is 0.480 e. The molecule has 0 radical (unpaired) electrons. The third-order valence-electron chi connectivity index (χ3n) is 3.08. The lowest BCUT2D eigenvalue weighted by Gasteiger charge is -2.16. The van der Waals surface area contributed by atoms with Gasteiger partial charge in [0.1, 0.15) is 11.6 Å². The Kier molecular flexibility index (Phi) is 6.85. The van der Waals surface area contributed by atoms with E-state index in [-0.39, 0.29) is 23.0 Å². The van der Waals surface area contributed by atoms with E-state index in [1.54, 1.807) is 6.92 Å². The molecule has 5 heteroatoms. The first-order valence-corrected chi connectivity index (χ1v) is 7.20. The van der Waals surface area contributed by atoms with Crippen LogP contribution in [0.15, 0.2) is 18.2 Å². The molecule has 4 nitrogen and oxygen atoms in total. The van der Waals surface area contributed by atoms with Crippen molar-refractivity contribution in [2.45, 2.75) is 46.1 Å². The first-order valence-electron chi connectivity index (χ1n) is 7.20. The number of carbonyl (C=O) groups excluding carboxylic acids is 2. The number of hydrogen-bond donors (Lipinski definition) is 1. The molecule has 1 aromatic carbocycles. The summed E-state index contributed by atoms with van der Waals surface area (Å²) in [6.07, 6.45) is 2.25. The number of nitrogens with one attached hydrogen (secondary N) is 1. The second-order valence-corrected chi connectivity index (χ2v) is 4.95. The van der Waals surface area contributed by atoms with Crippen LogP contribution in [0, 0.1) is 5.82 Å². The van der Waals surface area contributed by atoms with E-state index in [2.05, 4.69) is 12.2 Å². The SMILES string of the molecule is CCCCCNC(=O)C(C)Oc1cc(F)ccc1C(C)=O. The van der Waals surface area contributed by atoms with Crippen molar-refractivity contribution >= 4 is 11.7 Å². The summed E-state index contributed by atoms with van der Waals surface area (Å²) in [5, 5.41) is 2.76. The van der Waals surface area contributed by atoms with E-state index in [4.69, 9.17) is 4.74 Å². The number of halogens is 1. The number of rotatable bonds is 8. The van der Waals surface area contributed by atoms with Crippen LogP contribution in [0.4, 0.5) is 4.39 Å². The summed E-state index contributed by atoms with van der Waals surface area (Å²) in [7, 11) is 0. The summed E-state index contributed by atoms with van der Waals surface area (Å²) >= 11 is 0. The van der Waals surface area contributed by atoms with Crippen LogP contribution >= 0.6 is 0 Å². The smallest absolute Gasteiger partial charge is 0.260 e. The number of amides is 1. The number of ketones is 1. The van der Waals surface area contributed by atoms with Crippen molar-refractivity contribution in [1.82, 2.24) is 5.32 Å². The Morgan fingerprint density at radius 3 is 2.67 bits per heavy atom. The van der Waals surface area contributed by atoms with Gasteiger partial charge in [0.05, 0.1) is 5.56 Å². The molecule has 1 amide bonds. The highest BCUT2D eigenvalue weighted by Gasteiger charge is 2.17. The molecule has 0 aromatic heterocycles. The molecular formula is C16H22FNO3. The van der Waals surface area contributed by atoms with Crippen molar-refractivity contribution in [3.05, 3.63) is 29.6 Å². The second kappa shape index (κ2) is 8.39. The van der Waals surface area contributed by atoms with E-state index in [1.807, 2.05) is 0 Å². The maximum absolute atomic E-state index is 13.3. The summed E-state index contributed by atoms with van der Waals surface area (Å²) in [5.74, 6) is -0.922. The average molecular weight is 295 g/mol. The normalized spacial score (nSPS) is 11.8. The minimum absolute atomic E-state index is 0.0960. The van der Waals surface area contributed by atoms with Gasteiger partial charge in [-0.2, -0.15) is 0 Å². The van der Waals surface area contributed by atoms with Crippen molar-refractivity contribution in [1.29, 1.82) is 0 Å².